The van der Waals surface area contributed by atoms with Crippen molar-refractivity contribution in [3.05, 3.63) is 48.5 Å². The number of hydrogen-bond donors (Lipinski definition) is 2. The van der Waals surface area contributed by atoms with Crippen LogP contribution in [0, 0.1) is 0 Å². The average Bonchev–Trinajstić information content (AvgIpc) is 2.39. The first-order valence-electron chi connectivity index (χ1n) is 6.47. The minimum absolute atomic E-state index is 0.141. The third-order valence-electron chi connectivity index (χ3n) is 2.86. The highest BCUT2D eigenvalue weighted by Crippen LogP contribution is 2.26. The summed E-state index contributed by atoms with van der Waals surface area (Å²) < 4.78 is 24.5. The molecule has 0 radical (unpaired) electrons. The Morgan fingerprint density at radius 1 is 1.10 bits per heavy atom. The molecule has 2 aromatic carbocycles. The van der Waals surface area contributed by atoms with Crippen molar-refractivity contribution in [3.63, 3.8) is 0 Å². The van der Waals surface area contributed by atoms with E-state index in [0.717, 1.165) is 5.69 Å². The first-order chi connectivity index (χ1) is 9.53. The van der Waals surface area contributed by atoms with Crippen LogP contribution in [0.1, 0.15) is 13.3 Å². The number of nitrogens with two attached hydrogens (primary N) is 1. The minimum atomic E-state index is -3.26. The minimum Gasteiger partial charge on any atom is -0.399 e. The van der Waals surface area contributed by atoms with Gasteiger partial charge in [0.1, 0.15) is 0 Å². The second kappa shape index (κ2) is 5.96. The smallest absolute Gasteiger partial charge is 0.180 e. The van der Waals surface area contributed by atoms with Crippen LogP contribution in [0.25, 0.3) is 0 Å². The SMILES string of the molecule is CCCS(=O)(=O)c1ccccc1Nc1cccc(N)c1. The molecule has 0 aliphatic carbocycles. The quantitative estimate of drug-likeness (QED) is 0.829. The van der Waals surface area contributed by atoms with Gasteiger partial charge in [-0.15, -0.1) is 0 Å². The van der Waals surface area contributed by atoms with Gasteiger partial charge in [0.25, 0.3) is 0 Å². The van der Waals surface area contributed by atoms with Crippen molar-refractivity contribution in [2.75, 3.05) is 16.8 Å². The van der Waals surface area contributed by atoms with Crippen molar-refractivity contribution in [1.82, 2.24) is 0 Å². The summed E-state index contributed by atoms with van der Waals surface area (Å²) in [5.74, 6) is 0.141. The molecule has 0 aliphatic heterocycles. The van der Waals surface area contributed by atoms with Crippen LogP contribution in [-0.2, 0) is 9.84 Å². The fraction of sp³-hybridized carbons (Fsp3) is 0.200. The van der Waals surface area contributed by atoms with E-state index in [0.29, 0.717) is 22.7 Å². The predicted molar refractivity (Wildman–Crippen MR) is 82.9 cm³/mol. The molecule has 0 saturated heterocycles. The topological polar surface area (TPSA) is 72.2 Å². The number of benzene rings is 2. The van der Waals surface area contributed by atoms with Gasteiger partial charge in [-0.25, -0.2) is 8.42 Å². The van der Waals surface area contributed by atoms with Crippen molar-refractivity contribution < 1.29 is 8.42 Å². The lowest BCUT2D eigenvalue weighted by Gasteiger charge is -2.12. The molecule has 0 aliphatic rings. The Labute approximate surface area is 119 Å². The van der Waals surface area contributed by atoms with Crippen LogP contribution in [0.3, 0.4) is 0 Å². The van der Waals surface area contributed by atoms with Gasteiger partial charge < -0.3 is 11.1 Å². The van der Waals surface area contributed by atoms with Crippen LogP contribution in [0.15, 0.2) is 53.4 Å². The van der Waals surface area contributed by atoms with E-state index in [-0.39, 0.29) is 5.75 Å². The zero-order valence-corrected chi connectivity index (χ0v) is 12.2. The molecule has 4 nitrogen and oxygen atoms in total. The number of hydrogen-bond acceptors (Lipinski definition) is 4. The van der Waals surface area contributed by atoms with Gasteiger partial charge in [0.15, 0.2) is 9.84 Å². The zero-order valence-electron chi connectivity index (χ0n) is 11.3. The predicted octanol–water partition coefficient (Wildman–Crippen LogP) is 3.20. The van der Waals surface area contributed by atoms with E-state index in [4.69, 9.17) is 5.73 Å². The molecule has 106 valence electrons. The van der Waals surface area contributed by atoms with Crippen LogP contribution in [0.2, 0.25) is 0 Å². The fourth-order valence-electron chi connectivity index (χ4n) is 1.99. The molecule has 0 saturated carbocycles. The van der Waals surface area contributed by atoms with Crippen molar-refractivity contribution >= 4 is 26.9 Å². The second-order valence-corrected chi connectivity index (χ2v) is 6.64. The summed E-state index contributed by atoms with van der Waals surface area (Å²) in [7, 11) is -3.26. The molecule has 5 heteroatoms. The van der Waals surface area contributed by atoms with Gasteiger partial charge in [-0.2, -0.15) is 0 Å². The molecule has 0 spiro atoms. The molecule has 3 N–H and O–H groups in total. The highest BCUT2D eigenvalue weighted by atomic mass is 32.2. The Hall–Kier alpha value is -2.01. The molecule has 0 amide bonds. The first-order valence-corrected chi connectivity index (χ1v) is 8.12. The molecule has 0 heterocycles. The number of para-hydroxylation sites is 1. The maximum atomic E-state index is 12.2. The van der Waals surface area contributed by atoms with E-state index < -0.39 is 9.84 Å². The van der Waals surface area contributed by atoms with Gasteiger partial charge in [0.2, 0.25) is 0 Å². The molecule has 2 rings (SSSR count). The molecule has 20 heavy (non-hydrogen) atoms. The lowest BCUT2D eigenvalue weighted by atomic mass is 10.2. The molecular formula is C15H18N2O2S. The lowest BCUT2D eigenvalue weighted by molar-refractivity contribution is 0.595. The largest absolute Gasteiger partial charge is 0.399 e. The van der Waals surface area contributed by atoms with Gasteiger partial charge >= 0.3 is 0 Å². The molecule has 0 fully saturated rings. The van der Waals surface area contributed by atoms with Crippen LogP contribution in [0.4, 0.5) is 17.1 Å². The van der Waals surface area contributed by atoms with E-state index in [1.807, 2.05) is 19.1 Å². The Morgan fingerprint density at radius 3 is 2.55 bits per heavy atom. The van der Waals surface area contributed by atoms with Gasteiger partial charge in [0, 0.05) is 11.4 Å². The summed E-state index contributed by atoms with van der Waals surface area (Å²) in [4.78, 5) is 0.323. The maximum Gasteiger partial charge on any atom is 0.180 e. The van der Waals surface area contributed by atoms with Gasteiger partial charge in [-0.1, -0.05) is 25.1 Å². The normalized spacial score (nSPS) is 11.2. The Bertz CT molecular complexity index is 697. The third-order valence-corrected chi connectivity index (χ3v) is 4.83. The van der Waals surface area contributed by atoms with Crippen molar-refractivity contribution in [3.8, 4) is 0 Å². The van der Waals surface area contributed by atoms with Crippen molar-refractivity contribution in [1.29, 1.82) is 0 Å². The van der Waals surface area contributed by atoms with Gasteiger partial charge in [-0.3, -0.25) is 0 Å². The summed E-state index contributed by atoms with van der Waals surface area (Å²) in [6.45, 7) is 1.85. The molecular weight excluding hydrogens is 272 g/mol. The molecule has 0 bridgehead atoms. The van der Waals surface area contributed by atoms with Crippen molar-refractivity contribution in [2.24, 2.45) is 0 Å². The van der Waals surface area contributed by atoms with Crippen LogP contribution < -0.4 is 11.1 Å². The summed E-state index contributed by atoms with van der Waals surface area (Å²) in [6.07, 6.45) is 0.592. The average molecular weight is 290 g/mol. The van der Waals surface area contributed by atoms with Gasteiger partial charge in [-0.05, 0) is 36.8 Å². The Balaban J connectivity index is 2.38. The maximum absolute atomic E-state index is 12.2. The number of sulfone groups is 1. The van der Waals surface area contributed by atoms with E-state index in [2.05, 4.69) is 5.32 Å². The Morgan fingerprint density at radius 2 is 1.85 bits per heavy atom. The lowest BCUT2D eigenvalue weighted by Crippen LogP contribution is -2.08. The first kappa shape index (κ1) is 14.4. The number of nitrogen functional groups attached to an aromatic ring is 1. The van der Waals surface area contributed by atoms with E-state index >= 15 is 0 Å². The van der Waals surface area contributed by atoms with Crippen LogP contribution >= 0.6 is 0 Å². The van der Waals surface area contributed by atoms with E-state index in [1.54, 1.807) is 36.4 Å². The van der Waals surface area contributed by atoms with Gasteiger partial charge in [0.05, 0.1) is 16.3 Å². The standard InChI is InChI=1S/C15H18N2O2S/c1-2-10-20(18,19)15-9-4-3-8-14(15)17-13-7-5-6-12(16)11-13/h3-9,11,17H,2,10,16H2,1H3. The summed E-state index contributed by atoms with van der Waals surface area (Å²) in [5, 5.41) is 3.12. The summed E-state index contributed by atoms with van der Waals surface area (Å²) in [6, 6.07) is 14.1. The fourth-order valence-corrected chi connectivity index (χ4v) is 3.49. The third kappa shape index (κ3) is 3.30. The van der Waals surface area contributed by atoms with E-state index in [9.17, 15) is 8.42 Å². The molecule has 0 aromatic heterocycles. The molecule has 0 unspecified atom stereocenters. The van der Waals surface area contributed by atoms with Crippen LogP contribution in [-0.4, -0.2) is 14.2 Å². The van der Waals surface area contributed by atoms with Crippen molar-refractivity contribution in [2.45, 2.75) is 18.2 Å². The zero-order chi connectivity index (χ0) is 14.6. The summed E-state index contributed by atoms with van der Waals surface area (Å²) in [5.41, 5.74) is 7.70. The molecule has 0 atom stereocenters. The second-order valence-electron chi connectivity index (χ2n) is 4.57. The molecule has 2 aromatic rings. The van der Waals surface area contributed by atoms with Crippen LogP contribution in [0.5, 0.6) is 0 Å². The summed E-state index contributed by atoms with van der Waals surface area (Å²) >= 11 is 0. The highest BCUT2D eigenvalue weighted by Gasteiger charge is 2.17. The number of nitrogens with one attached hydrogen (secondary N) is 1. The number of rotatable bonds is 5. The monoisotopic (exact) mass is 290 g/mol. The number of anilines is 3. The highest BCUT2D eigenvalue weighted by molar-refractivity contribution is 7.91. The Kier molecular flexibility index (Phi) is 4.29. The van der Waals surface area contributed by atoms with E-state index in [1.165, 1.54) is 0 Å².